The molecule has 1 spiro atoms. The minimum absolute atomic E-state index is 0.0497. The molecule has 3 fully saturated rings. The van der Waals surface area contributed by atoms with Crippen LogP contribution in [0.2, 0.25) is 0 Å². The van der Waals surface area contributed by atoms with Gasteiger partial charge in [-0.25, -0.2) is 0 Å². The lowest BCUT2D eigenvalue weighted by Gasteiger charge is -2.38. The second kappa shape index (κ2) is 11.6. The van der Waals surface area contributed by atoms with E-state index in [0.717, 1.165) is 19.3 Å². The minimum atomic E-state index is -0.651. The Morgan fingerprint density at radius 1 is 1.24 bits per heavy atom. The highest BCUT2D eigenvalue weighted by atomic mass is 79.9. The summed E-state index contributed by atoms with van der Waals surface area (Å²) >= 11 is 5.44. The third kappa shape index (κ3) is 4.72. The van der Waals surface area contributed by atoms with Gasteiger partial charge in [0, 0.05) is 49.9 Å². The summed E-state index contributed by atoms with van der Waals surface area (Å²) in [6.45, 7) is 11.4. The fourth-order valence-electron chi connectivity index (χ4n) is 5.88. The highest BCUT2D eigenvalue weighted by molar-refractivity contribution is 9.09. The SMILES string of the molecule is C=CCN(C)C(=O)[C@H]1[C@@H]2SC3(CC2Br)C(C(=O)N(CC=C)CCCCC)N(CCCO)C(=O)[C@H]13. The van der Waals surface area contributed by atoms with E-state index in [1.165, 1.54) is 0 Å². The molecule has 0 radical (unpaired) electrons. The van der Waals surface area contributed by atoms with Gasteiger partial charge in [-0.1, -0.05) is 47.8 Å². The van der Waals surface area contributed by atoms with Crippen LogP contribution in [0.5, 0.6) is 0 Å². The Morgan fingerprint density at radius 3 is 2.56 bits per heavy atom. The quantitative estimate of drug-likeness (QED) is 0.214. The number of hydrogen-bond donors (Lipinski definition) is 1. The monoisotopic (exact) mass is 555 g/mol. The normalized spacial score (nSPS) is 31.5. The Morgan fingerprint density at radius 2 is 1.94 bits per heavy atom. The van der Waals surface area contributed by atoms with Gasteiger partial charge >= 0.3 is 0 Å². The Balaban J connectivity index is 2.00. The first kappa shape index (κ1) is 27.3. The van der Waals surface area contributed by atoms with Crippen LogP contribution in [0, 0.1) is 11.8 Å². The Bertz CT molecular complexity index is 811. The topological polar surface area (TPSA) is 81.2 Å². The van der Waals surface area contributed by atoms with Gasteiger partial charge in [0.25, 0.3) is 0 Å². The number of likely N-dealkylation sites (N-methyl/N-ethyl adjacent to an activating group) is 1. The second-order valence-electron chi connectivity index (χ2n) is 9.56. The molecule has 0 saturated carbocycles. The molecule has 3 unspecified atom stereocenters. The van der Waals surface area contributed by atoms with Crippen LogP contribution in [0.15, 0.2) is 25.3 Å². The van der Waals surface area contributed by atoms with E-state index in [-0.39, 0.29) is 34.4 Å². The van der Waals surface area contributed by atoms with Gasteiger partial charge in [0.2, 0.25) is 17.7 Å². The molecule has 3 amide bonds. The first-order valence-electron chi connectivity index (χ1n) is 12.3. The van der Waals surface area contributed by atoms with Crippen molar-refractivity contribution in [2.75, 3.05) is 39.8 Å². The van der Waals surface area contributed by atoms with Gasteiger partial charge in [0.1, 0.15) is 6.04 Å². The second-order valence-corrected chi connectivity index (χ2v) is 12.3. The van der Waals surface area contributed by atoms with Crippen LogP contribution in [0.3, 0.4) is 0 Å². The van der Waals surface area contributed by atoms with E-state index < -0.39 is 22.6 Å². The van der Waals surface area contributed by atoms with Crippen LogP contribution in [0.25, 0.3) is 0 Å². The standard InChI is InChI=1S/C25H38BrN3O4S/c1-5-8-9-13-28(12-7-3)24(33)21-25-16-17(26)20(34-25)18(22(31)27(4)11-6-2)19(25)23(32)29(21)14-10-15-30/h6-7,17-21,30H,2-3,5,8-16H2,1,4H3/t17?,18-,19+,20-,21?,25?/m1/s1. The average molecular weight is 557 g/mol. The highest BCUT2D eigenvalue weighted by Gasteiger charge is 2.75. The predicted molar refractivity (Wildman–Crippen MR) is 140 cm³/mol. The first-order valence-corrected chi connectivity index (χ1v) is 14.1. The maximum absolute atomic E-state index is 14.1. The number of halogens is 1. The van der Waals surface area contributed by atoms with Crippen molar-refractivity contribution >= 4 is 45.4 Å². The number of carbonyl (C=O) groups excluding carboxylic acids is 3. The summed E-state index contributed by atoms with van der Waals surface area (Å²) in [7, 11) is 1.74. The lowest BCUT2D eigenvalue weighted by Crippen LogP contribution is -2.56. The summed E-state index contributed by atoms with van der Waals surface area (Å²) in [4.78, 5) is 46.6. The van der Waals surface area contributed by atoms with Gasteiger partial charge < -0.3 is 19.8 Å². The minimum Gasteiger partial charge on any atom is -0.396 e. The molecule has 3 saturated heterocycles. The van der Waals surface area contributed by atoms with Gasteiger partial charge in [-0.05, 0) is 19.3 Å². The van der Waals surface area contributed by atoms with E-state index in [0.29, 0.717) is 39.0 Å². The molecule has 3 aliphatic heterocycles. The molecule has 3 aliphatic rings. The Labute approximate surface area is 216 Å². The highest BCUT2D eigenvalue weighted by Crippen LogP contribution is 2.68. The van der Waals surface area contributed by atoms with E-state index in [2.05, 4.69) is 36.0 Å². The third-order valence-corrected chi connectivity index (χ3v) is 10.6. The molecule has 2 bridgehead atoms. The van der Waals surface area contributed by atoms with Gasteiger partial charge in [0.15, 0.2) is 0 Å². The van der Waals surface area contributed by atoms with Crippen molar-refractivity contribution < 1.29 is 19.5 Å². The molecule has 1 N–H and O–H groups in total. The van der Waals surface area contributed by atoms with Crippen LogP contribution >= 0.6 is 27.7 Å². The van der Waals surface area contributed by atoms with Crippen molar-refractivity contribution in [1.82, 2.24) is 14.7 Å². The zero-order valence-electron chi connectivity index (χ0n) is 20.3. The number of carbonyl (C=O) groups is 3. The number of aliphatic hydroxyl groups excluding tert-OH is 1. The number of aliphatic hydroxyl groups is 1. The number of hydrogen-bond acceptors (Lipinski definition) is 5. The molecular weight excluding hydrogens is 518 g/mol. The van der Waals surface area contributed by atoms with E-state index in [1.54, 1.807) is 40.8 Å². The number of fused-ring (bicyclic) bond motifs is 1. The summed E-state index contributed by atoms with van der Waals surface area (Å²) < 4.78 is -0.651. The molecule has 34 heavy (non-hydrogen) atoms. The summed E-state index contributed by atoms with van der Waals surface area (Å²) in [6.07, 6.45) is 7.45. The zero-order chi connectivity index (χ0) is 25.0. The molecule has 0 aromatic carbocycles. The van der Waals surface area contributed by atoms with E-state index in [4.69, 9.17) is 0 Å². The molecule has 0 aromatic heterocycles. The molecule has 0 aliphatic carbocycles. The van der Waals surface area contributed by atoms with E-state index in [9.17, 15) is 19.5 Å². The van der Waals surface area contributed by atoms with Gasteiger partial charge in [-0.15, -0.1) is 24.9 Å². The number of alkyl halides is 1. The number of likely N-dealkylation sites (tertiary alicyclic amines) is 1. The predicted octanol–water partition coefficient (Wildman–Crippen LogP) is 2.68. The van der Waals surface area contributed by atoms with Crippen LogP contribution in [-0.2, 0) is 14.4 Å². The van der Waals surface area contributed by atoms with Crippen molar-refractivity contribution in [2.24, 2.45) is 11.8 Å². The third-order valence-electron chi connectivity index (χ3n) is 7.34. The van der Waals surface area contributed by atoms with Crippen LogP contribution in [0.1, 0.15) is 39.0 Å². The molecule has 0 aromatic rings. The van der Waals surface area contributed by atoms with E-state index >= 15 is 0 Å². The van der Waals surface area contributed by atoms with Crippen LogP contribution < -0.4 is 0 Å². The van der Waals surface area contributed by atoms with Gasteiger partial charge in [-0.3, -0.25) is 14.4 Å². The van der Waals surface area contributed by atoms with Crippen molar-refractivity contribution in [3.63, 3.8) is 0 Å². The molecule has 3 rings (SSSR count). The smallest absolute Gasteiger partial charge is 0.247 e. The lowest BCUT2D eigenvalue weighted by atomic mass is 9.70. The average Bonchev–Trinajstić information content (AvgIpc) is 3.39. The number of rotatable bonds is 13. The Hall–Kier alpha value is -1.32. The molecular formula is C25H38BrN3O4S. The lowest BCUT2D eigenvalue weighted by molar-refractivity contribution is -0.144. The molecule has 3 heterocycles. The number of thioether (sulfide) groups is 1. The summed E-state index contributed by atoms with van der Waals surface area (Å²) in [5, 5.41) is 9.43. The fraction of sp³-hybridized carbons (Fsp3) is 0.720. The Kier molecular flexibility index (Phi) is 9.31. The summed E-state index contributed by atoms with van der Waals surface area (Å²) in [5.74, 6) is -1.28. The maximum Gasteiger partial charge on any atom is 0.247 e. The van der Waals surface area contributed by atoms with Crippen molar-refractivity contribution in [2.45, 2.75) is 59.9 Å². The van der Waals surface area contributed by atoms with Crippen LogP contribution in [0.4, 0.5) is 0 Å². The molecule has 6 atom stereocenters. The fourth-order valence-corrected chi connectivity index (χ4v) is 9.48. The number of amides is 3. The van der Waals surface area contributed by atoms with Crippen molar-refractivity contribution in [1.29, 1.82) is 0 Å². The number of unbranched alkanes of at least 4 members (excludes halogenated alkanes) is 2. The largest absolute Gasteiger partial charge is 0.396 e. The zero-order valence-corrected chi connectivity index (χ0v) is 22.7. The van der Waals surface area contributed by atoms with Crippen molar-refractivity contribution in [3.05, 3.63) is 25.3 Å². The molecule has 7 nitrogen and oxygen atoms in total. The van der Waals surface area contributed by atoms with Crippen LogP contribution in [-0.4, -0.2) is 98.2 Å². The van der Waals surface area contributed by atoms with Gasteiger partial charge in [0.05, 0.1) is 16.6 Å². The summed E-state index contributed by atoms with van der Waals surface area (Å²) in [6, 6.07) is -0.643. The van der Waals surface area contributed by atoms with Crippen molar-refractivity contribution in [3.8, 4) is 0 Å². The molecule has 190 valence electrons. The van der Waals surface area contributed by atoms with E-state index in [1.807, 2.05) is 4.90 Å². The first-order chi connectivity index (χ1) is 16.3. The number of nitrogens with zero attached hydrogens (tertiary/aromatic N) is 3. The maximum atomic E-state index is 14.1. The summed E-state index contributed by atoms with van der Waals surface area (Å²) in [5.41, 5.74) is 0. The molecule has 9 heteroatoms. The van der Waals surface area contributed by atoms with Gasteiger partial charge in [-0.2, -0.15) is 0 Å².